The third-order valence-corrected chi connectivity index (χ3v) is 2.45. The molecule has 0 aromatic rings. The molecule has 0 amide bonds. The number of aliphatic hydroxyl groups is 1. The molecule has 1 unspecified atom stereocenters. The summed E-state index contributed by atoms with van der Waals surface area (Å²) in [6.07, 6.45) is 1.77. The number of hydrogen-bond acceptors (Lipinski definition) is 5. The van der Waals surface area contributed by atoms with Crippen molar-refractivity contribution in [1.82, 2.24) is 0 Å². The van der Waals surface area contributed by atoms with E-state index in [4.69, 9.17) is 5.11 Å². The van der Waals surface area contributed by atoms with Crippen molar-refractivity contribution in [1.29, 1.82) is 0 Å². The molecule has 0 saturated carbocycles. The van der Waals surface area contributed by atoms with Gasteiger partial charge in [0.1, 0.15) is 15.6 Å². The van der Waals surface area contributed by atoms with Gasteiger partial charge in [-0.25, -0.2) is 8.42 Å². The summed E-state index contributed by atoms with van der Waals surface area (Å²) in [5.74, 6) is 0.475. The van der Waals surface area contributed by atoms with Gasteiger partial charge in [-0.1, -0.05) is 0 Å². The summed E-state index contributed by atoms with van der Waals surface area (Å²) in [5, 5.41) is 8.60. The molecule has 4 nitrogen and oxygen atoms in total. The minimum atomic E-state index is -4.48. The topological polar surface area (TPSA) is 77.4 Å². The zero-order chi connectivity index (χ0) is 8.20. The first-order valence-electron chi connectivity index (χ1n) is 2.60. The Kier molecular flexibility index (Phi) is 8.98. The molecule has 0 spiro atoms. The zero-order valence-corrected chi connectivity index (χ0v) is 10.1. The van der Waals surface area contributed by atoms with Crippen LogP contribution in [0.2, 0.25) is 0 Å². The van der Waals surface area contributed by atoms with Crippen molar-refractivity contribution in [2.75, 3.05) is 12.0 Å². The Morgan fingerprint density at radius 2 is 2.09 bits per heavy atom. The Balaban J connectivity index is 0. The fourth-order valence-electron chi connectivity index (χ4n) is 0.363. The van der Waals surface area contributed by atoms with Gasteiger partial charge in [0.05, 0.1) is 0 Å². The van der Waals surface area contributed by atoms with E-state index < -0.39 is 15.6 Å². The average molecular weight is 208 g/mol. The average Bonchev–Trinajstić information content (AvgIpc) is 1.80. The Morgan fingerprint density at radius 3 is 2.36 bits per heavy atom. The summed E-state index contributed by atoms with van der Waals surface area (Å²) in [5.41, 5.74) is -1.74. The normalized spacial score (nSPS) is 13.7. The largest absolute Gasteiger partial charge is 1.00 e. The van der Waals surface area contributed by atoms with Gasteiger partial charge in [0.15, 0.2) is 0 Å². The maximum Gasteiger partial charge on any atom is 1.00 e. The van der Waals surface area contributed by atoms with E-state index in [1.807, 2.05) is 0 Å². The van der Waals surface area contributed by atoms with Gasteiger partial charge in [0, 0.05) is 0 Å². The molecule has 0 aliphatic rings. The standard InChI is InChI=1S/C4H10O4S2.Na/c1-9-3-2-4(5)10(6,7)8;/h4-5H,2-3H2,1H3,(H,6,7,8);/q;+1/p-1. The maximum absolute atomic E-state index is 10.0. The molecular formula is C4H9NaO4S2. The summed E-state index contributed by atoms with van der Waals surface area (Å²) in [7, 11) is -4.48. The molecule has 0 aliphatic carbocycles. The SMILES string of the molecule is CSCCC(O)S(=O)(=O)[O-].[Na+]. The molecule has 0 saturated heterocycles. The molecule has 62 valence electrons. The third kappa shape index (κ3) is 7.58. The van der Waals surface area contributed by atoms with Gasteiger partial charge in [-0.2, -0.15) is 11.8 Å². The Bertz CT molecular complexity index is 179. The van der Waals surface area contributed by atoms with E-state index in [1.165, 1.54) is 11.8 Å². The van der Waals surface area contributed by atoms with Crippen LogP contribution in [0, 0.1) is 0 Å². The predicted molar refractivity (Wildman–Crippen MR) is 38.7 cm³/mol. The molecule has 0 heterocycles. The van der Waals surface area contributed by atoms with Crippen LogP contribution >= 0.6 is 11.8 Å². The van der Waals surface area contributed by atoms with Crippen LogP contribution in [0.3, 0.4) is 0 Å². The summed E-state index contributed by atoms with van der Waals surface area (Å²) in [6, 6.07) is 0. The van der Waals surface area contributed by atoms with Crippen molar-refractivity contribution < 1.29 is 47.6 Å². The Morgan fingerprint density at radius 1 is 1.64 bits per heavy atom. The molecule has 1 N–H and O–H groups in total. The fraction of sp³-hybridized carbons (Fsp3) is 1.00. The number of hydrogen-bond donors (Lipinski definition) is 1. The van der Waals surface area contributed by atoms with E-state index in [-0.39, 0.29) is 36.0 Å². The van der Waals surface area contributed by atoms with E-state index in [1.54, 1.807) is 6.26 Å². The number of rotatable bonds is 4. The van der Waals surface area contributed by atoms with E-state index >= 15 is 0 Å². The van der Waals surface area contributed by atoms with Gasteiger partial charge in [-0.05, 0) is 18.4 Å². The predicted octanol–water partition coefficient (Wildman–Crippen LogP) is -3.39. The van der Waals surface area contributed by atoms with E-state index in [2.05, 4.69) is 0 Å². The first-order chi connectivity index (χ1) is 4.48. The van der Waals surface area contributed by atoms with Gasteiger partial charge in [-0.3, -0.25) is 0 Å². The van der Waals surface area contributed by atoms with E-state index in [9.17, 15) is 13.0 Å². The Hall–Kier alpha value is 1.22. The molecule has 0 aromatic heterocycles. The quantitative estimate of drug-likeness (QED) is 0.385. The second-order valence-corrected chi connectivity index (χ2v) is 4.24. The van der Waals surface area contributed by atoms with Crippen LogP contribution in [0.1, 0.15) is 6.42 Å². The van der Waals surface area contributed by atoms with Crippen molar-refractivity contribution in [2.24, 2.45) is 0 Å². The number of aliphatic hydroxyl groups excluding tert-OH is 1. The van der Waals surface area contributed by atoms with Gasteiger partial charge in [0.25, 0.3) is 0 Å². The molecule has 0 aromatic carbocycles. The monoisotopic (exact) mass is 208 g/mol. The van der Waals surface area contributed by atoms with Crippen LogP contribution in [0.4, 0.5) is 0 Å². The van der Waals surface area contributed by atoms with E-state index in [0.717, 1.165) is 0 Å². The number of thioether (sulfide) groups is 1. The molecule has 7 heteroatoms. The van der Waals surface area contributed by atoms with Crippen LogP contribution in [0.15, 0.2) is 0 Å². The molecule has 0 aliphatic heterocycles. The summed E-state index contributed by atoms with van der Waals surface area (Å²) in [4.78, 5) is 0. The van der Waals surface area contributed by atoms with Crippen LogP contribution in [-0.4, -0.2) is 35.5 Å². The van der Waals surface area contributed by atoms with Gasteiger partial charge in [0.2, 0.25) is 0 Å². The maximum atomic E-state index is 10.0. The third-order valence-electron chi connectivity index (χ3n) is 0.902. The summed E-state index contributed by atoms with van der Waals surface area (Å²) >= 11 is 1.38. The van der Waals surface area contributed by atoms with Crippen molar-refractivity contribution in [2.45, 2.75) is 11.9 Å². The molecule has 11 heavy (non-hydrogen) atoms. The zero-order valence-electron chi connectivity index (χ0n) is 6.48. The Labute approximate surface area is 92.8 Å². The van der Waals surface area contributed by atoms with Gasteiger partial charge >= 0.3 is 29.6 Å². The van der Waals surface area contributed by atoms with Crippen molar-refractivity contribution >= 4 is 21.9 Å². The minimum absolute atomic E-state index is 0. The summed E-state index contributed by atoms with van der Waals surface area (Å²) in [6.45, 7) is 0. The second-order valence-electron chi connectivity index (χ2n) is 1.73. The smallest absolute Gasteiger partial charge is 0.746 e. The van der Waals surface area contributed by atoms with E-state index in [0.29, 0.717) is 5.75 Å². The second kappa shape index (κ2) is 6.71. The molecule has 0 radical (unpaired) electrons. The van der Waals surface area contributed by atoms with Crippen molar-refractivity contribution in [3.63, 3.8) is 0 Å². The first kappa shape index (κ1) is 14.7. The fourth-order valence-corrected chi connectivity index (χ4v) is 1.38. The minimum Gasteiger partial charge on any atom is -0.746 e. The van der Waals surface area contributed by atoms with Gasteiger partial charge < -0.3 is 9.66 Å². The van der Waals surface area contributed by atoms with Crippen molar-refractivity contribution in [3.8, 4) is 0 Å². The van der Waals surface area contributed by atoms with Crippen LogP contribution < -0.4 is 29.6 Å². The molecule has 0 fully saturated rings. The van der Waals surface area contributed by atoms with Gasteiger partial charge in [-0.15, -0.1) is 0 Å². The van der Waals surface area contributed by atoms with Crippen molar-refractivity contribution in [3.05, 3.63) is 0 Å². The summed E-state index contributed by atoms with van der Waals surface area (Å²) < 4.78 is 30.1. The molecule has 0 rings (SSSR count). The molecule has 0 bridgehead atoms. The first-order valence-corrected chi connectivity index (χ1v) is 5.46. The van der Waals surface area contributed by atoms with Crippen LogP contribution in [0.25, 0.3) is 0 Å². The molecule has 1 atom stereocenters. The molecular weight excluding hydrogens is 199 g/mol. The van der Waals surface area contributed by atoms with Crippen LogP contribution in [-0.2, 0) is 10.1 Å². The van der Waals surface area contributed by atoms with Crippen LogP contribution in [0.5, 0.6) is 0 Å².